The van der Waals surface area contributed by atoms with Crippen molar-refractivity contribution < 1.29 is 0 Å². The van der Waals surface area contributed by atoms with Crippen molar-refractivity contribution in [2.24, 2.45) is 0 Å². The third-order valence-electron chi connectivity index (χ3n) is 2.32. The summed E-state index contributed by atoms with van der Waals surface area (Å²) >= 11 is 11.2. The molecule has 1 aromatic heterocycles. The first-order valence-electron chi connectivity index (χ1n) is 4.80. The van der Waals surface area contributed by atoms with Gasteiger partial charge in [-0.3, -0.25) is 0 Å². The van der Waals surface area contributed by atoms with Gasteiger partial charge in [-0.15, -0.1) is 0 Å². The summed E-state index contributed by atoms with van der Waals surface area (Å²) in [4.78, 5) is 3.17. The van der Waals surface area contributed by atoms with Crippen molar-refractivity contribution in [2.75, 3.05) is 0 Å². The second kappa shape index (κ2) is 3.35. The third kappa shape index (κ3) is 1.82. The van der Waals surface area contributed by atoms with Crippen LogP contribution in [-0.2, 0) is 5.54 Å². The summed E-state index contributed by atoms with van der Waals surface area (Å²) in [5.41, 5.74) is 2.06. The van der Waals surface area contributed by atoms with E-state index in [4.69, 9.17) is 23.8 Å². The fourth-order valence-electron chi connectivity index (χ4n) is 1.75. The fourth-order valence-corrected chi connectivity index (χ4v) is 2.40. The van der Waals surface area contributed by atoms with Gasteiger partial charge < -0.3 is 9.55 Å². The number of fused-ring (bicyclic) bond motifs is 1. The second-order valence-corrected chi connectivity index (χ2v) is 5.42. The minimum Gasteiger partial charge on any atom is -0.331 e. The van der Waals surface area contributed by atoms with Gasteiger partial charge in [0.05, 0.1) is 11.0 Å². The molecular formula is C11H13ClN2S. The first kappa shape index (κ1) is 10.7. The largest absolute Gasteiger partial charge is 0.331 e. The molecule has 0 bridgehead atoms. The number of aromatic amines is 1. The Hall–Kier alpha value is -0.800. The number of benzene rings is 1. The van der Waals surface area contributed by atoms with Gasteiger partial charge in [-0.2, -0.15) is 0 Å². The summed E-state index contributed by atoms with van der Waals surface area (Å²) < 4.78 is 2.84. The number of aromatic nitrogens is 2. The maximum atomic E-state index is 5.93. The molecule has 2 nitrogen and oxygen atoms in total. The number of nitrogens with zero attached hydrogens (tertiary/aromatic N) is 1. The van der Waals surface area contributed by atoms with Crippen molar-refractivity contribution in [1.29, 1.82) is 0 Å². The van der Waals surface area contributed by atoms with E-state index in [-0.39, 0.29) is 5.54 Å². The molecule has 0 saturated carbocycles. The summed E-state index contributed by atoms with van der Waals surface area (Å²) in [6, 6.07) is 5.78. The Kier molecular flexibility index (Phi) is 2.40. The minimum absolute atomic E-state index is 0.0246. The fraction of sp³-hybridized carbons (Fsp3) is 0.364. The summed E-state index contributed by atoms with van der Waals surface area (Å²) in [6.45, 7) is 6.39. The molecule has 1 heterocycles. The quantitative estimate of drug-likeness (QED) is 0.688. The number of hydrogen-bond donors (Lipinski definition) is 1. The van der Waals surface area contributed by atoms with Crippen LogP contribution in [0.15, 0.2) is 18.2 Å². The van der Waals surface area contributed by atoms with E-state index in [0.29, 0.717) is 0 Å². The predicted octanol–water partition coefficient (Wildman–Crippen LogP) is 4.11. The molecule has 80 valence electrons. The highest BCUT2D eigenvalue weighted by Gasteiger charge is 2.17. The highest BCUT2D eigenvalue weighted by Crippen LogP contribution is 2.25. The number of imidazole rings is 1. The molecule has 0 spiro atoms. The smallest absolute Gasteiger partial charge is 0.178 e. The molecule has 0 aliphatic heterocycles. The lowest BCUT2D eigenvalue weighted by molar-refractivity contribution is 0.404. The lowest BCUT2D eigenvalue weighted by atomic mass is 10.1. The lowest BCUT2D eigenvalue weighted by Gasteiger charge is -2.21. The molecule has 0 unspecified atom stereocenters. The molecule has 2 aromatic rings. The molecule has 0 radical (unpaired) electrons. The molecule has 15 heavy (non-hydrogen) atoms. The third-order valence-corrected chi connectivity index (χ3v) is 2.83. The lowest BCUT2D eigenvalue weighted by Crippen LogP contribution is -2.21. The molecule has 2 rings (SSSR count). The average Bonchev–Trinajstić information content (AvgIpc) is 2.38. The van der Waals surface area contributed by atoms with Crippen LogP contribution < -0.4 is 0 Å². The maximum Gasteiger partial charge on any atom is 0.178 e. The molecule has 0 fully saturated rings. The Morgan fingerprint density at radius 2 is 2.00 bits per heavy atom. The van der Waals surface area contributed by atoms with E-state index >= 15 is 0 Å². The van der Waals surface area contributed by atoms with E-state index in [0.717, 1.165) is 20.8 Å². The number of rotatable bonds is 0. The van der Waals surface area contributed by atoms with E-state index in [1.165, 1.54) is 0 Å². The van der Waals surface area contributed by atoms with Crippen LogP contribution in [0.2, 0.25) is 5.02 Å². The zero-order chi connectivity index (χ0) is 11.2. The Balaban J connectivity index is 2.86. The maximum absolute atomic E-state index is 5.93. The first-order valence-corrected chi connectivity index (χ1v) is 5.59. The Bertz CT molecular complexity index is 560. The number of H-pyrrole nitrogens is 1. The van der Waals surface area contributed by atoms with Gasteiger partial charge in [-0.05, 0) is 51.2 Å². The van der Waals surface area contributed by atoms with Crippen LogP contribution >= 0.6 is 23.8 Å². The van der Waals surface area contributed by atoms with Crippen molar-refractivity contribution in [1.82, 2.24) is 9.55 Å². The molecule has 0 atom stereocenters. The van der Waals surface area contributed by atoms with Crippen LogP contribution in [0.5, 0.6) is 0 Å². The number of hydrogen-bond acceptors (Lipinski definition) is 1. The standard InChI is InChI=1S/C11H13ClN2S/c1-11(2,3)14-9-5-4-7(12)6-8(9)13-10(14)15/h4-6H,1-3H3,(H,13,15). The van der Waals surface area contributed by atoms with Gasteiger partial charge in [0, 0.05) is 10.6 Å². The van der Waals surface area contributed by atoms with Crippen LogP contribution in [0.1, 0.15) is 20.8 Å². The van der Waals surface area contributed by atoms with Crippen molar-refractivity contribution in [2.45, 2.75) is 26.3 Å². The average molecular weight is 241 g/mol. The zero-order valence-corrected chi connectivity index (χ0v) is 10.5. The summed E-state index contributed by atoms with van der Waals surface area (Å²) in [6.07, 6.45) is 0. The van der Waals surface area contributed by atoms with Crippen molar-refractivity contribution in [3.63, 3.8) is 0 Å². The van der Waals surface area contributed by atoms with Crippen LogP contribution in [0.4, 0.5) is 0 Å². The van der Waals surface area contributed by atoms with E-state index in [1.807, 2.05) is 18.2 Å². The van der Waals surface area contributed by atoms with Crippen molar-refractivity contribution in [3.8, 4) is 0 Å². The molecule has 0 saturated heterocycles. The van der Waals surface area contributed by atoms with Crippen LogP contribution in [0, 0.1) is 4.77 Å². The van der Waals surface area contributed by atoms with E-state index in [9.17, 15) is 0 Å². The highest BCUT2D eigenvalue weighted by atomic mass is 35.5. The summed E-state index contributed by atoms with van der Waals surface area (Å²) in [7, 11) is 0. The van der Waals surface area contributed by atoms with Crippen LogP contribution in [0.25, 0.3) is 11.0 Å². The molecular weight excluding hydrogens is 228 g/mol. The van der Waals surface area contributed by atoms with Gasteiger partial charge in [0.15, 0.2) is 4.77 Å². The predicted molar refractivity (Wildman–Crippen MR) is 67.1 cm³/mol. The van der Waals surface area contributed by atoms with Gasteiger partial charge >= 0.3 is 0 Å². The Morgan fingerprint density at radius 3 is 2.60 bits per heavy atom. The molecule has 0 aliphatic carbocycles. The normalized spacial score (nSPS) is 12.3. The van der Waals surface area contributed by atoms with Crippen molar-refractivity contribution >= 4 is 34.9 Å². The van der Waals surface area contributed by atoms with Gasteiger partial charge in [0.2, 0.25) is 0 Å². The molecule has 0 aliphatic rings. The summed E-state index contributed by atoms with van der Waals surface area (Å²) in [5.74, 6) is 0. The minimum atomic E-state index is -0.0246. The van der Waals surface area contributed by atoms with E-state index in [1.54, 1.807) is 0 Å². The number of halogens is 1. The topological polar surface area (TPSA) is 20.7 Å². The van der Waals surface area contributed by atoms with Crippen molar-refractivity contribution in [3.05, 3.63) is 28.0 Å². The second-order valence-electron chi connectivity index (χ2n) is 4.60. The Labute approximate surface area is 98.9 Å². The van der Waals surface area contributed by atoms with Gasteiger partial charge in [-0.1, -0.05) is 11.6 Å². The van der Waals surface area contributed by atoms with Gasteiger partial charge in [0.1, 0.15) is 0 Å². The molecule has 0 amide bonds. The molecule has 4 heteroatoms. The molecule has 1 aromatic carbocycles. The first-order chi connectivity index (χ1) is 6.89. The summed E-state index contributed by atoms with van der Waals surface area (Å²) in [5, 5.41) is 0.722. The van der Waals surface area contributed by atoms with Gasteiger partial charge in [-0.25, -0.2) is 0 Å². The zero-order valence-electron chi connectivity index (χ0n) is 8.97. The van der Waals surface area contributed by atoms with Gasteiger partial charge in [0.25, 0.3) is 0 Å². The van der Waals surface area contributed by atoms with E-state index in [2.05, 4.69) is 30.3 Å². The van der Waals surface area contributed by atoms with Crippen LogP contribution in [0.3, 0.4) is 0 Å². The SMILES string of the molecule is CC(C)(C)n1c(=S)[nH]c2cc(Cl)ccc21. The Morgan fingerprint density at radius 1 is 1.33 bits per heavy atom. The number of nitrogens with one attached hydrogen (secondary N) is 1. The van der Waals surface area contributed by atoms with Crippen LogP contribution in [-0.4, -0.2) is 9.55 Å². The molecule has 1 N–H and O–H groups in total. The highest BCUT2D eigenvalue weighted by molar-refractivity contribution is 7.71. The van der Waals surface area contributed by atoms with E-state index < -0.39 is 0 Å². The monoisotopic (exact) mass is 240 g/mol.